The molecule has 0 N–H and O–H groups in total. The number of carbonyl (C=O) groups excluding carboxylic acids is 2. The number of amides is 2. The molecule has 2 aromatic rings. The molecule has 0 bridgehead atoms. The van der Waals surface area contributed by atoms with Crippen LogP contribution in [0, 0.1) is 10.8 Å². The van der Waals surface area contributed by atoms with Crippen LogP contribution >= 0.6 is 0 Å². The number of hydrogen-bond donors (Lipinski definition) is 0. The molecule has 2 atom stereocenters. The minimum absolute atomic E-state index is 0.138. The van der Waals surface area contributed by atoms with E-state index in [0.717, 1.165) is 59.0 Å². The Bertz CT molecular complexity index is 2000. The van der Waals surface area contributed by atoms with Crippen molar-refractivity contribution < 1.29 is 28.5 Å². The monoisotopic (exact) mass is 907 g/mol. The Hall–Kier alpha value is -3.44. The minimum Gasteiger partial charge on any atom is -0.444 e. The Morgan fingerprint density at radius 2 is 1.00 bits per heavy atom. The Balaban J connectivity index is 0.000000166. The number of hydrogen-bond acceptors (Lipinski definition) is 8. The Morgan fingerprint density at radius 1 is 0.561 bits per heavy atom. The molecule has 0 aromatic heterocycles. The van der Waals surface area contributed by atoms with E-state index in [1.807, 2.05) is 51.3 Å². The maximum absolute atomic E-state index is 12.4. The van der Waals surface area contributed by atoms with Gasteiger partial charge in [-0.2, -0.15) is 0 Å². The number of piperidine rings is 2. The summed E-state index contributed by atoms with van der Waals surface area (Å²) in [4.78, 5) is 34.0. The standard InChI is InChI=1S/C28H42N2O3.C28H40N2O3/c2*1-27(2,3)33-26(31)30-19-28(20-30)13-8-23(18-28)29-14-9-21(10-15-29)24-6-4-5-7-25(24)22-11-16-32-17-12-22/h4-7,21-23H,8-20H2,1-3H3;4-7,11,21,23H,8-10,12-20H2,1-3H3/t2*23-/m11/s1. The number of benzene rings is 2. The van der Waals surface area contributed by atoms with Crippen LogP contribution in [0.1, 0.15) is 165 Å². The first kappa shape index (κ1) is 47.6. The summed E-state index contributed by atoms with van der Waals surface area (Å²) in [5.74, 6) is 2.03. The molecule has 10 heteroatoms. The largest absolute Gasteiger partial charge is 0.444 e. The van der Waals surface area contributed by atoms with Gasteiger partial charge in [0.1, 0.15) is 11.2 Å². The molecule has 8 aliphatic rings. The summed E-state index contributed by atoms with van der Waals surface area (Å²) in [5, 5.41) is 0. The molecular weight excluding hydrogens is 825 g/mol. The van der Waals surface area contributed by atoms with Gasteiger partial charge in [-0.25, -0.2) is 9.59 Å². The van der Waals surface area contributed by atoms with E-state index >= 15 is 0 Å². The predicted octanol–water partition coefficient (Wildman–Crippen LogP) is 11.0. The van der Waals surface area contributed by atoms with Gasteiger partial charge in [-0.1, -0.05) is 54.6 Å². The lowest BCUT2D eigenvalue weighted by molar-refractivity contribution is -0.0351. The lowest BCUT2D eigenvalue weighted by atomic mass is 9.78. The number of rotatable bonds is 6. The first-order valence-electron chi connectivity index (χ1n) is 26.1. The summed E-state index contributed by atoms with van der Waals surface area (Å²) in [7, 11) is 0. The molecule has 6 heterocycles. The van der Waals surface area contributed by atoms with Gasteiger partial charge >= 0.3 is 12.2 Å². The second-order valence-corrected chi connectivity index (χ2v) is 23.7. The summed E-state index contributed by atoms with van der Waals surface area (Å²) in [6.45, 7) is 23.4. The third-order valence-electron chi connectivity index (χ3n) is 16.7. The minimum atomic E-state index is -0.414. The molecule has 2 saturated carbocycles. The fourth-order valence-electron chi connectivity index (χ4n) is 13.3. The topological polar surface area (TPSA) is 84.0 Å². The molecule has 0 radical (unpaired) electrons. The highest BCUT2D eigenvalue weighted by Gasteiger charge is 2.53. The molecule has 66 heavy (non-hydrogen) atoms. The smallest absolute Gasteiger partial charge is 0.410 e. The fourth-order valence-corrected chi connectivity index (χ4v) is 13.3. The van der Waals surface area contributed by atoms with Crippen LogP contribution in [0.3, 0.4) is 0 Å². The highest BCUT2D eigenvalue weighted by atomic mass is 16.6. The fraction of sp³-hybridized carbons (Fsp3) is 0.714. The highest BCUT2D eigenvalue weighted by molar-refractivity contribution is 5.70. The third-order valence-corrected chi connectivity index (χ3v) is 16.7. The molecule has 2 spiro atoms. The molecule has 2 amide bonds. The van der Waals surface area contributed by atoms with E-state index in [1.54, 1.807) is 16.7 Å². The molecule has 0 unspecified atom stereocenters. The molecule has 10 nitrogen and oxygen atoms in total. The van der Waals surface area contributed by atoms with E-state index in [0.29, 0.717) is 40.7 Å². The van der Waals surface area contributed by atoms with Crippen molar-refractivity contribution >= 4 is 17.8 Å². The van der Waals surface area contributed by atoms with Crippen molar-refractivity contribution in [3.05, 3.63) is 76.9 Å². The Labute approximate surface area is 397 Å². The molecule has 7 fully saturated rings. The van der Waals surface area contributed by atoms with Crippen LogP contribution in [0.2, 0.25) is 0 Å². The van der Waals surface area contributed by atoms with E-state index in [1.165, 1.54) is 114 Å². The first-order chi connectivity index (χ1) is 31.6. The zero-order valence-electron chi connectivity index (χ0n) is 41.5. The molecule has 2 aliphatic carbocycles. The molecule has 2 aromatic carbocycles. The van der Waals surface area contributed by atoms with Gasteiger partial charge in [0.15, 0.2) is 0 Å². The number of ether oxygens (including phenoxy) is 4. The molecule has 10 rings (SSSR count). The molecular formula is C56H82N4O6. The van der Waals surface area contributed by atoms with Gasteiger partial charge in [-0.15, -0.1) is 0 Å². The summed E-state index contributed by atoms with van der Waals surface area (Å²) in [5.41, 5.74) is 7.52. The second kappa shape index (κ2) is 19.9. The van der Waals surface area contributed by atoms with E-state index < -0.39 is 11.2 Å². The zero-order chi connectivity index (χ0) is 46.1. The van der Waals surface area contributed by atoms with Crippen LogP contribution in [-0.2, 0) is 18.9 Å². The Morgan fingerprint density at radius 3 is 1.45 bits per heavy atom. The van der Waals surface area contributed by atoms with Crippen molar-refractivity contribution in [3.8, 4) is 0 Å². The van der Waals surface area contributed by atoms with Crippen LogP contribution in [0.5, 0.6) is 0 Å². The quantitative estimate of drug-likeness (QED) is 0.283. The van der Waals surface area contributed by atoms with Crippen LogP contribution in [0.15, 0.2) is 54.6 Å². The van der Waals surface area contributed by atoms with Crippen LogP contribution in [0.4, 0.5) is 9.59 Å². The first-order valence-corrected chi connectivity index (χ1v) is 26.1. The lowest BCUT2D eigenvalue weighted by Crippen LogP contribution is -2.58. The van der Waals surface area contributed by atoms with Crippen molar-refractivity contribution in [2.45, 2.75) is 166 Å². The van der Waals surface area contributed by atoms with Crippen molar-refractivity contribution in [3.63, 3.8) is 0 Å². The number of carbonyl (C=O) groups is 2. The van der Waals surface area contributed by atoms with Crippen LogP contribution in [-0.4, -0.2) is 134 Å². The summed E-state index contributed by atoms with van der Waals surface area (Å²) >= 11 is 0. The number of nitrogens with zero attached hydrogens (tertiary/aromatic N) is 4. The maximum atomic E-state index is 12.4. The van der Waals surface area contributed by atoms with Gasteiger partial charge in [-0.05, 0) is 197 Å². The number of likely N-dealkylation sites (tertiary alicyclic amines) is 4. The third kappa shape index (κ3) is 11.2. The van der Waals surface area contributed by atoms with Crippen molar-refractivity contribution in [2.75, 3.05) is 78.8 Å². The highest BCUT2D eigenvalue weighted by Crippen LogP contribution is 2.50. The predicted molar refractivity (Wildman–Crippen MR) is 262 cm³/mol. The van der Waals surface area contributed by atoms with Gasteiger partial charge in [0.2, 0.25) is 0 Å². The average Bonchev–Trinajstić information content (AvgIpc) is 3.95. The van der Waals surface area contributed by atoms with E-state index in [4.69, 9.17) is 18.9 Å². The van der Waals surface area contributed by atoms with Crippen molar-refractivity contribution in [1.82, 2.24) is 19.6 Å². The lowest BCUT2D eigenvalue weighted by Gasteiger charge is -2.48. The Kier molecular flexibility index (Phi) is 14.3. The SMILES string of the molecule is CC(C)(C)OC(=O)N1CC2(CC[C@@H](N3CCC(c4ccccc4C4=CCOCC4)CC3)C2)C1.CC(C)(C)OC(=O)N1CC2(CC[C@@H](N3CCC(c4ccccc4C4CCOCC4)CC3)C2)C1. The zero-order valence-corrected chi connectivity index (χ0v) is 41.5. The average molecular weight is 907 g/mol. The van der Waals surface area contributed by atoms with Gasteiger partial charge in [0.05, 0.1) is 13.2 Å². The normalized spacial score (nSPS) is 26.6. The summed E-state index contributed by atoms with van der Waals surface area (Å²) in [6.07, 6.45) is 17.9. The molecule has 5 saturated heterocycles. The van der Waals surface area contributed by atoms with E-state index in [2.05, 4.69) is 64.4 Å². The van der Waals surface area contributed by atoms with Crippen LogP contribution < -0.4 is 0 Å². The maximum Gasteiger partial charge on any atom is 0.410 e. The van der Waals surface area contributed by atoms with Gasteiger partial charge in [0.25, 0.3) is 0 Å². The van der Waals surface area contributed by atoms with Gasteiger partial charge < -0.3 is 38.5 Å². The molecule has 362 valence electrons. The van der Waals surface area contributed by atoms with Gasteiger partial charge in [-0.3, -0.25) is 0 Å². The van der Waals surface area contributed by atoms with Crippen molar-refractivity contribution in [2.24, 2.45) is 10.8 Å². The second-order valence-electron chi connectivity index (χ2n) is 23.7. The van der Waals surface area contributed by atoms with Gasteiger partial charge in [0, 0.05) is 62.3 Å². The summed E-state index contributed by atoms with van der Waals surface area (Å²) in [6, 6.07) is 19.7. The van der Waals surface area contributed by atoms with Crippen molar-refractivity contribution in [1.29, 1.82) is 0 Å². The van der Waals surface area contributed by atoms with E-state index in [-0.39, 0.29) is 12.2 Å². The summed E-state index contributed by atoms with van der Waals surface area (Å²) < 4.78 is 22.3. The molecule has 6 aliphatic heterocycles. The van der Waals surface area contributed by atoms with Crippen LogP contribution in [0.25, 0.3) is 5.57 Å². The van der Waals surface area contributed by atoms with E-state index in [9.17, 15) is 9.59 Å².